The molecule has 0 spiro atoms. The first kappa shape index (κ1) is 12.0. The molecular formula is C11H11N3OS. The molecule has 0 unspecified atom stereocenters. The summed E-state index contributed by atoms with van der Waals surface area (Å²) >= 11 is 4.70. The summed E-state index contributed by atoms with van der Waals surface area (Å²) in [6, 6.07) is 9.17. The van der Waals surface area contributed by atoms with Crippen molar-refractivity contribution in [2.75, 3.05) is 12.4 Å². The smallest absolute Gasteiger partial charge is 0.119 e. The number of nitrogens with zero attached hydrogens (tertiary/aromatic N) is 1. The number of nitrogens with one attached hydrogen (secondary N) is 1. The van der Waals surface area contributed by atoms with Crippen LogP contribution in [0.1, 0.15) is 0 Å². The standard InChI is InChI=1S/C11H11N3OS/c1-15-10-4-2-9(3-5-10)14-7-8(6-12)11(13)16/h2-5,7,14H,1H3,(H2,13,16). The minimum absolute atomic E-state index is 0.0727. The summed E-state index contributed by atoms with van der Waals surface area (Å²) in [5.41, 5.74) is 6.40. The number of anilines is 1. The van der Waals surface area contributed by atoms with E-state index in [4.69, 9.17) is 28.0 Å². The summed E-state index contributed by atoms with van der Waals surface area (Å²) in [5.74, 6) is 0.768. The van der Waals surface area contributed by atoms with Crippen molar-refractivity contribution in [3.8, 4) is 11.8 Å². The Morgan fingerprint density at radius 3 is 2.56 bits per heavy atom. The van der Waals surface area contributed by atoms with Crippen molar-refractivity contribution in [3.05, 3.63) is 36.0 Å². The summed E-state index contributed by atoms with van der Waals surface area (Å²) < 4.78 is 5.02. The van der Waals surface area contributed by atoms with Crippen LogP contribution >= 0.6 is 12.2 Å². The molecule has 16 heavy (non-hydrogen) atoms. The highest BCUT2D eigenvalue weighted by molar-refractivity contribution is 7.80. The number of thiocarbonyl (C=S) groups is 1. The third kappa shape index (κ3) is 3.26. The first-order valence-electron chi connectivity index (χ1n) is 4.48. The van der Waals surface area contributed by atoms with Crippen molar-refractivity contribution >= 4 is 22.9 Å². The van der Waals surface area contributed by atoms with Gasteiger partial charge in [0, 0.05) is 11.9 Å². The van der Waals surface area contributed by atoms with Crippen LogP contribution < -0.4 is 15.8 Å². The Morgan fingerprint density at radius 1 is 1.50 bits per heavy atom. The average Bonchev–Trinajstić information content (AvgIpc) is 2.30. The molecule has 0 atom stereocenters. The summed E-state index contributed by atoms with van der Waals surface area (Å²) in [5, 5.41) is 11.6. The predicted molar refractivity (Wildman–Crippen MR) is 67.1 cm³/mol. The summed E-state index contributed by atoms with van der Waals surface area (Å²) in [6.45, 7) is 0. The molecule has 0 heterocycles. The van der Waals surface area contributed by atoms with Crippen molar-refractivity contribution in [2.24, 2.45) is 5.73 Å². The van der Waals surface area contributed by atoms with Gasteiger partial charge in [-0.2, -0.15) is 5.26 Å². The Bertz CT molecular complexity index is 445. The van der Waals surface area contributed by atoms with E-state index in [9.17, 15) is 0 Å². The number of nitrogens with two attached hydrogens (primary N) is 1. The van der Waals surface area contributed by atoms with E-state index in [2.05, 4.69) is 5.32 Å². The van der Waals surface area contributed by atoms with Gasteiger partial charge in [0.2, 0.25) is 0 Å². The van der Waals surface area contributed by atoms with Crippen LogP contribution in [0.4, 0.5) is 5.69 Å². The van der Waals surface area contributed by atoms with Crippen LogP contribution in [0.15, 0.2) is 36.0 Å². The molecule has 0 aliphatic rings. The topological polar surface area (TPSA) is 71.1 Å². The van der Waals surface area contributed by atoms with Gasteiger partial charge in [0.1, 0.15) is 22.4 Å². The van der Waals surface area contributed by atoms with Gasteiger partial charge < -0.3 is 15.8 Å². The van der Waals surface area contributed by atoms with Crippen molar-refractivity contribution < 1.29 is 4.74 Å². The fourth-order valence-corrected chi connectivity index (χ4v) is 1.11. The Morgan fingerprint density at radius 2 is 2.12 bits per heavy atom. The minimum atomic E-state index is 0.0727. The second-order valence-corrected chi connectivity index (χ2v) is 3.35. The first-order valence-corrected chi connectivity index (χ1v) is 4.89. The van der Waals surface area contributed by atoms with Gasteiger partial charge in [0.15, 0.2) is 0 Å². The molecule has 0 saturated heterocycles. The second kappa shape index (κ2) is 5.73. The SMILES string of the molecule is COc1ccc(NC=C(C#N)C(N)=S)cc1. The van der Waals surface area contributed by atoms with Crippen LogP contribution in [0.2, 0.25) is 0 Å². The Hall–Kier alpha value is -2.06. The number of rotatable bonds is 4. The van der Waals surface area contributed by atoms with Gasteiger partial charge >= 0.3 is 0 Å². The molecule has 4 nitrogen and oxygen atoms in total. The molecule has 0 bridgehead atoms. The van der Waals surface area contributed by atoms with Gasteiger partial charge in [-0.15, -0.1) is 0 Å². The van der Waals surface area contributed by atoms with Crippen LogP contribution in [-0.2, 0) is 0 Å². The highest BCUT2D eigenvalue weighted by atomic mass is 32.1. The van der Waals surface area contributed by atoms with E-state index in [1.807, 2.05) is 30.3 Å². The zero-order valence-electron chi connectivity index (χ0n) is 8.73. The Kier molecular flexibility index (Phi) is 4.30. The largest absolute Gasteiger partial charge is 0.497 e. The van der Waals surface area contributed by atoms with Crippen LogP contribution in [0.3, 0.4) is 0 Å². The normalized spacial score (nSPS) is 10.4. The highest BCUT2D eigenvalue weighted by Gasteiger charge is 1.98. The van der Waals surface area contributed by atoms with E-state index in [1.165, 1.54) is 6.20 Å². The maximum Gasteiger partial charge on any atom is 0.119 e. The maximum atomic E-state index is 8.71. The van der Waals surface area contributed by atoms with Crippen molar-refractivity contribution in [1.82, 2.24) is 0 Å². The summed E-state index contributed by atoms with van der Waals surface area (Å²) in [4.78, 5) is 0.0727. The van der Waals surface area contributed by atoms with Gasteiger partial charge in [-0.1, -0.05) is 12.2 Å². The third-order valence-electron chi connectivity index (χ3n) is 1.86. The lowest BCUT2D eigenvalue weighted by molar-refractivity contribution is 0.415. The molecule has 0 aliphatic carbocycles. The van der Waals surface area contributed by atoms with Gasteiger partial charge in [-0.25, -0.2) is 0 Å². The summed E-state index contributed by atoms with van der Waals surface area (Å²) in [7, 11) is 1.60. The van der Waals surface area contributed by atoms with E-state index < -0.39 is 0 Å². The van der Waals surface area contributed by atoms with Crippen molar-refractivity contribution in [1.29, 1.82) is 5.26 Å². The van der Waals surface area contributed by atoms with Crippen LogP contribution in [0.5, 0.6) is 5.75 Å². The molecule has 5 heteroatoms. The number of hydrogen-bond donors (Lipinski definition) is 2. The molecule has 82 valence electrons. The molecule has 0 amide bonds. The lowest BCUT2D eigenvalue weighted by Crippen LogP contribution is -2.11. The number of hydrogen-bond acceptors (Lipinski definition) is 4. The quantitative estimate of drug-likeness (QED) is 0.471. The van der Waals surface area contributed by atoms with E-state index in [0.717, 1.165) is 11.4 Å². The third-order valence-corrected chi connectivity index (χ3v) is 2.08. The number of ether oxygens (including phenoxy) is 1. The van der Waals surface area contributed by atoms with Crippen molar-refractivity contribution in [3.63, 3.8) is 0 Å². The van der Waals surface area contributed by atoms with Crippen LogP contribution in [0, 0.1) is 11.3 Å². The average molecular weight is 233 g/mol. The van der Waals surface area contributed by atoms with E-state index in [0.29, 0.717) is 0 Å². The first-order chi connectivity index (χ1) is 7.67. The van der Waals surface area contributed by atoms with Gasteiger partial charge in [-0.05, 0) is 24.3 Å². The van der Waals surface area contributed by atoms with Gasteiger partial charge in [-0.3, -0.25) is 0 Å². The van der Waals surface area contributed by atoms with Crippen LogP contribution in [-0.4, -0.2) is 12.1 Å². The monoisotopic (exact) mass is 233 g/mol. The lowest BCUT2D eigenvalue weighted by atomic mass is 10.3. The zero-order valence-corrected chi connectivity index (χ0v) is 9.54. The molecule has 3 N–H and O–H groups in total. The van der Waals surface area contributed by atoms with Gasteiger partial charge in [0.05, 0.1) is 7.11 Å². The molecule has 1 aromatic rings. The van der Waals surface area contributed by atoms with Crippen molar-refractivity contribution in [2.45, 2.75) is 0 Å². The molecule has 1 rings (SSSR count). The number of nitriles is 1. The lowest BCUT2D eigenvalue weighted by Gasteiger charge is -2.03. The fourth-order valence-electron chi connectivity index (χ4n) is 1.00. The van der Waals surface area contributed by atoms with Crippen LogP contribution in [0.25, 0.3) is 0 Å². The molecule has 0 saturated carbocycles. The maximum absolute atomic E-state index is 8.71. The molecule has 0 aliphatic heterocycles. The van der Waals surface area contributed by atoms with E-state index in [-0.39, 0.29) is 10.6 Å². The second-order valence-electron chi connectivity index (χ2n) is 2.91. The number of benzene rings is 1. The molecular weight excluding hydrogens is 222 g/mol. The molecule has 0 aromatic heterocycles. The number of methoxy groups -OCH3 is 1. The Labute approximate surface area is 99.3 Å². The zero-order chi connectivity index (χ0) is 12.0. The molecule has 0 radical (unpaired) electrons. The molecule has 0 fully saturated rings. The Balaban J connectivity index is 2.74. The minimum Gasteiger partial charge on any atom is -0.497 e. The molecule has 1 aromatic carbocycles. The summed E-state index contributed by atoms with van der Waals surface area (Å²) in [6.07, 6.45) is 1.48. The fraction of sp³-hybridized carbons (Fsp3) is 0.0909. The van der Waals surface area contributed by atoms with E-state index in [1.54, 1.807) is 7.11 Å². The van der Waals surface area contributed by atoms with E-state index >= 15 is 0 Å². The predicted octanol–water partition coefficient (Wildman–Crippen LogP) is 1.80. The van der Waals surface area contributed by atoms with Gasteiger partial charge in [0.25, 0.3) is 0 Å². The highest BCUT2D eigenvalue weighted by Crippen LogP contribution is 2.15.